The number of Topliss-reactive ketones (excluding diaryl/α,β-unsaturated/α-hetero) is 1. The van der Waals surface area contributed by atoms with Crippen molar-refractivity contribution in [1.29, 1.82) is 0 Å². The number of anilines is 1. The van der Waals surface area contributed by atoms with Crippen molar-refractivity contribution >= 4 is 35.1 Å². The molecule has 0 radical (unpaired) electrons. The first-order valence-electron chi connectivity index (χ1n) is 12.8. The van der Waals surface area contributed by atoms with Gasteiger partial charge in [0.1, 0.15) is 24.0 Å². The van der Waals surface area contributed by atoms with Crippen LogP contribution < -0.4 is 26.8 Å². The van der Waals surface area contributed by atoms with Gasteiger partial charge in [-0.3, -0.25) is 28.8 Å². The van der Waals surface area contributed by atoms with Crippen LogP contribution in [-0.2, 0) is 32.8 Å². The van der Waals surface area contributed by atoms with Gasteiger partial charge in [0.2, 0.25) is 17.6 Å². The summed E-state index contributed by atoms with van der Waals surface area (Å²) in [6.45, 7) is 5.97. The summed E-state index contributed by atoms with van der Waals surface area (Å²) in [5, 5.41) is 10.1. The van der Waals surface area contributed by atoms with Crippen molar-refractivity contribution in [2.45, 2.75) is 59.0 Å². The Hall–Kier alpha value is -4.29. The number of imidazole rings is 1. The third kappa shape index (κ3) is 8.62. The molecule has 0 saturated heterocycles. The SMILES string of the molecule is CCC(CC)CNC(=O)Cn1ccc(C)c(NC(=O)[C@H](CCC(=O)C(=O)NC)NC(=O)c2cncn2C)c1=O. The molecule has 0 fully saturated rings. The molecular formula is C26H37N7O6. The van der Waals surface area contributed by atoms with Crippen LogP contribution in [0.1, 0.15) is 55.6 Å². The number of hydrogen-bond acceptors (Lipinski definition) is 7. The van der Waals surface area contributed by atoms with Crippen LogP contribution in [0.15, 0.2) is 29.6 Å². The molecule has 13 nitrogen and oxygen atoms in total. The maximum absolute atomic E-state index is 13.2. The van der Waals surface area contributed by atoms with E-state index in [4.69, 9.17) is 0 Å². The number of rotatable bonds is 14. The summed E-state index contributed by atoms with van der Waals surface area (Å²) in [7, 11) is 2.91. The molecule has 1 atom stereocenters. The molecular weight excluding hydrogens is 506 g/mol. The Morgan fingerprint density at radius 2 is 1.79 bits per heavy atom. The lowest BCUT2D eigenvalue weighted by Crippen LogP contribution is -2.46. The zero-order valence-electron chi connectivity index (χ0n) is 23.0. The Labute approximate surface area is 226 Å². The van der Waals surface area contributed by atoms with Crippen LogP contribution in [0.5, 0.6) is 0 Å². The van der Waals surface area contributed by atoms with Crippen molar-refractivity contribution in [2.24, 2.45) is 13.0 Å². The van der Waals surface area contributed by atoms with Crippen LogP contribution in [0, 0.1) is 12.8 Å². The number of amides is 4. The average molecular weight is 544 g/mol. The highest BCUT2D eigenvalue weighted by atomic mass is 16.2. The lowest BCUT2D eigenvalue weighted by molar-refractivity contribution is -0.137. The highest BCUT2D eigenvalue weighted by molar-refractivity contribution is 6.36. The molecule has 2 rings (SSSR count). The lowest BCUT2D eigenvalue weighted by atomic mass is 10.0. The van der Waals surface area contributed by atoms with Gasteiger partial charge >= 0.3 is 0 Å². The minimum atomic E-state index is -1.25. The van der Waals surface area contributed by atoms with E-state index in [-0.39, 0.29) is 36.7 Å². The number of nitrogens with zero attached hydrogens (tertiary/aromatic N) is 3. The van der Waals surface area contributed by atoms with E-state index in [0.717, 1.165) is 12.8 Å². The fourth-order valence-electron chi connectivity index (χ4n) is 3.80. The van der Waals surface area contributed by atoms with Crippen LogP contribution in [0.25, 0.3) is 0 Å². The number of likely N-dealkylation sites (N-methyl/N-ethyl adjacent to an activating group) is 1. The summed E-state index contributed by atoms with van der Waals surface area (Å²) in [6.07, 6.45) is 5.52. The molecule has 0 aromatic carbocycles. The third-order valence-electron chi connectivity index (χ3n) is 6.49. The lowest BCUT2D eigenvalue weighted by Gasteiger charge is -2.19. The Kier molecular flexibility index (Phi) is 11.6. The molecule has 0 unspecified atom stereocenters. The minimum absolute atomic E-state index is 0.0623. The third-order valence-corrected chi connectivity index (χ3v) is 6.49. The summed E-state index contributed by atoms with van der Waals surface area (Å²) in [6, 6.07) is 0.334. The molecule has 212 valence electrons. The van der Waals surface area contributed by atoms with Crippen LogP contribution in [0.3, 0.4) is 0 Å². The standard InChI is InChI=1S/C26H37N7O6/c1-6-17(7-2)12-29-21(35)14-33-11-10-16(3)22(26(33)39)31-23(36)18(8-9-20(34)25(38)27-4)30-24(37)19-13-28-15-32(19)5/h10-11,13,15,17-18H,6-9,12,14H2,1-5H3,(H,27,38)(H,29,35)(H,30,37)(H,31,36)/t18-/m0/s1. The second-order valence-corrected chi connectivity index (χ2v) is 9.24. The van der Waals surface area contributed by atoms with Crippen molar-refractivity contribution in [1.82, 2.24) is 30.1 Å². The van der Waals surface area contributed by atoms with Gasteiger partial charge in [-0.25, -0.2) is 4.98 Å². The molecule has 0 aliphatic carbocycles. The summed E-state index contributed by atoms with van der Waals surface area (Å²) in [5.74, 6) is -2.96. The highest BCUT2D eigenvalue weighted by Gasteiger charge is 2.26. The van der Waals surface area contributed by atoms with Gasteiger partial charge < -0.3 is 30.4 Å². The number of aromatic nitrogens is 3. The zero-order chi connectivity index (χ0) is 29.1. The largest absolute Gasteiger partial charge is 0.354 e. The van der Waals surface area contributed by atoms with Gasteiger partial charge in [0.15, 0.2) is 0 Å². The van der Waals surface area contributed by atoms with Crippen molar-refractivity contribution in [3.8, 4) is 0 Å². The predicted octanol–water partition coefficient (Wildman–Crippen LogP) is 0.275. The Morgan fingerprint density at radius 1 is 1.10 bits per heavy atom. The van der Waals surface area contributed by atoms with E-state index < -0.39 is 35.1 Å². The second-order valence-electron chi connectivity index (χ2n) is 9.24. The molecule has 2 heterocycles. The first kappa shape index (κ1) is 30.9. The topological polar surface area (TPSA) is 173 Å². The molecule has 0 bridgehead atoms. The predicted molar refractivity (Wildman–Crippen MR) is 144 cm³/mol. The molecule has 0 spiro atoms. The molecule has 2 aromatic rings. The molecule has 0 aliphatic heterocycles. The number of carbonyl (C=O) groups excluding carboxylic acids is 5. The van der Waals surface area contributed by atoms with Gasteiger partial charge in [-0.15, -0.1) is 0 Å². The van der Waals surface area contributed by atoms with Gasteiger partial charge in [0, 0.05) is 33.3 Å². The number of ketones is 1. The summed E-state index contributed by atoms with van der Waals surface area (Å²) >= 11 is 0. The number of nitrogens with one attached hydrogen (secondary N) is 4. The molecule has 13 heteroatoms. The summed E-state index contributed by atoms with van der Waals surface area (Å²) < 4.78 is 2.64. The van der Waals surface area contributed by atoms with E-state index in [1.807, 2.05) is 13.8 Å². The van der Waals surface area contributed by atoms with Gasteiger partial charge in [-0.05, 0) is 30.9 Å². The monoisotopic (exact) mass is 543 g/mol. The van der Waals surface area contributed by atoms with E-state index in [9.17, 15) is 28.8 Å². The molecule has 0 saturated carbocycles. The highest BCUT2D eigenvalue weighted by Crippen LogP contribution is 2.11. The smallest absolute Gasteiger partial charge is 0.287 e. The van der Waals surface area contributed by atoms with E-state index in [1.165, 1.54) is 34.9 Å². The Bertz CT molecular complexity index is 1260. The summed E-state index contributed by atoms with van der Waals surface area (Å²) in [5.41, 5.74) is -0.0462. The molecule has 4 amide bonds. The van der Waals surface area contributed by atoms with Crippen LogP contribution in [0.4, 0.5) is 5.69 Å². The van der Waals surface area contributed by atoms with Crippen molar-refractivity contribution in [3.63, 3.8) is 0 Å². The van der Waals surface area contributed by atoms with Crippen molar-refractivity contribution in [2.75, 3.05) is 18.9 Å². The van der Waals surface area contributed by atoms with Crippen LogP contribution in [0.2, 0.25) is 0 Å². The fourth-order valence-corrected chi connectivity index (χ4v) is 3.80. The Morgan fingerprint density at radius 3 is 2.38 bits per heavy atom. The van der Waals surface area contributed by atoms with Crippen molar-refractivity contribution in [3.05, 3.63) is 46.4 Å². The maximum atomic E-state index is 13.2. The van der Waals surface area contributed by atoms with Crippen LogP contribution >= 0.6 is 0 Å². The number of aryl methyl sites for hydroxylation is 2. The minimum Gasteiger partial charge on any atom is -0.354 e. The van der Waals surface area contributed by atoms with E-state index in [2.05, 4.69) is 26.3 Å². The maximum Gasteiger partial charge on any atom is 0.287 e. The normalized spacial score (nSPS) is 11.5. The van der Waals surface area contributed by atoms with Crippen molar-refractivity contribution < 1.29 is 24.0 Å². The second kappa shape index (κ2) is 14.6. The molecule has 0 aliphatic rings. The van der Waals surface area contributed by atoms with Crippen LogP contribution in [-0.4, -0.2) is 63.2 Å². The number of hydrogen-bond donors (Lipinski definition) is 4. The van der Waals surface area contributed by atoms with E-state index >= 15 is 0 Å². The van der Waals surface area contributed by atoms with E-state index in [1.54, 1.807) is 20.0 Å². The molecule has 4 N–H and O–H groups in total. The Balaban J connectivity index is 2.23. The van der Waals surface area contributed by atoms with Gasteiger partial charge in [0.05, 0.1) is 12.5 Å². The van der Waals surface area contributed by atoms with Gasteiger partial charge in [-0.1, -0.05) is 26.7 Å². The quantitative estimate of drug-likeness (QED) is 0.248. The first-order valence-corrected chi connectivity index (χ1v) is 12.8. The molecule has 39 heavy (non-hydrogen) atoms. The molecule has 2 aromatic heterocycles. The van der Waals surface area contributed by atoms with Gasteiger partial charge in [0.25, 0.3) is 17.4 Å². The average Bonchev–Trinajstić information content (AvgIpc) is 3.36. The number of carbonyl (C=O) groups is 5. The zero-order valence-corrected chi connectivity index (χ0v) is 23.0. The van der Waals surface area contributed by atoms with E-state index in [0.29, 0.717) is 18.0 Å². The number of pyridine rings is 1. The summed E-state index contributed by atoms with van der Waals surface area (Å²) in [4.78, 5) is 79.2. The first-order chi connectivity index (χ1) is 18.5. The fraction of sp³-hybridized carbons (Fsp3) is 0.500. The van der Waals surface area contributed by atoms with Gasteiger partial charge in [-0.2, -0.15) is 0 Å².